The minimum absolute atomic E-state index is 0.0356. The van der Waals surface area contributed by atoms with Crippen molar-refractivity contribution < 1.29 is 4.79 Å². The molecule has 0 radical (unpaired) electrons. The number of nitrogens with zero attached hydrogens (tertiary/aromatic N) is 2. The van der Waals surface area contributed by atoms with Gasteiger partial charge < -0.3 is 14.8 Å². The largest absolute Gasteiger partial charge is 0.355 e. The van der Waals surface area contributed by atoms with Gasteiger partial charge >= 0.3 is 0 Å². The maximum absolute atomic E-state index is 12.8. The van der Waals surface area contributed by atoms with E-state index < -0.39 is 0 Å². The molecule has 4 nitrogen and oxygen atoms in total. The SMILES string of the molecule is Cn1cc(C(CC(=O)NCCN2CCCC2)c2cccc(Cl)c2)c2ccccc21. The van der Waals surface area contributed by atoms with Crippen molar-refractivity contribution in [2.45, 2.75) is 25.2 Å². The van der Waals surface area contributed by atoms with Crippen LogP contribution in [0.3, 0.4) is 0 Å². The van der Waals surface area contributed by atoms with E-state index in [9.17, 15) is 4.79 Å². The average molecular weight is 410 g/mol. The van der Waals surface area contributed by atoms with Gasteiger partial charge in [-0.2, -0.15) is 0 Å². The second-order valence-corrected chi connectivity index (χ2v) is 8.36. The summed E-state index contributed by atoms with van der Waals surface area (Å²) in [6, 6.07) is 16.2. The Morgan fingerprint density at radius 1 is 1.14 bits per heavy atom. The number of nitrogens with one attached hydrogen (secondary N) is 1. The van der Waals surface area contributed by atoms with Crippen molar-refractivity contribution in [1.82, 2.24) is 14.8 Å². The smallest absolute Gasteiger partial charge is 0.220 e. The maximum Gasteiger partial charge on any atom is 0.220 e. The predicted molar refractivity (Wildman–Crippen MR) is 120 cm³/mol. The van der Waals surface area contributed by atoms with Crippen molar-refractivity contribution in [2.75, 3.05) is 26.2 Å². The van der Waals surface area contributed by atoms with E-state index in [-0.39, 0.29) is 11.8 Å². The lowest BCUT2D eigenvalue weighted by Gasteiger charge is -2.19. The van der Waals surface area contributed by atoms with Crippen LogP contribution in [0.1, 0.15) is 36.3 Å². The summed E-state index contributed by atoms with van der Waals surface area (Å²) in [6.45, 7) is 3.94. The molecule has 2 heterocycles. The molecule has 1 N–H and O–H groups in total. The van der Waals surface area contributed by atoms with Crippen LogP contribution in [0.15, 0.2) is 54.7 Å². The number of hydrogen-bond acceptors (Lipinski definition) is 2. The van der Waals surface area contributed by atoms with E-state index in [1.54, 1.807) is 0 Å². The molecule has 3 aromatic rings. The number of likely N-dealkylation sites (tertiary alicyclic amines) is 1. The van der Waals surface area contributed by atoms with E-state index >= 15 is 0 Å². The molecule has 5 heteroatoms. The topological polar surface area (TPSA) is 37.3 Å². The van der Waals surface area contributed by atoms with Gasteiger partial charge in [0.1, 0.15) is 0 Å². The first-order valence-electron chi connectivity index (χ1n) is 10.4. The maximum atomic E-state index is 12.8. The molecular weight excluding hydrogens is 382 g/mol. The summed E-state index contributed by atoms with van der Waals surface area (Å²) in [6.07, 6.45) is 5.10. The van der Waals surface area contributed by atoms with Gasteiger partial charge in [-0.3, -0.25) is 4.79 Å². The number of halogens is 1. The highest BCUT2D eigenvalue weighted by Gasteiger charge is 2.22. The molecular formula is C24H28ClN3O. The van der Waals surface area contributed by atoms with Crippen molar-refractivity contribution >= 4 is 28.4 Å². The van der Waals surface area contributed by atoms with E-state index in [2.05, 4.69) is 52.3 Å². The third-order valence-corrected chi connectivity index (χ3v) is 6.13. The van der Waals surface area contributed by atoms with Crippen molar-refractivity contribution in [1.29, 1.82) is 0 Å². The standard InChI is InChI=1S/C24H28ClN3O/c1-27-17-22(20-9-2-3-10-23(20)27)21(18-7-6-8-19(25)15-18)16-24(29)26-11-14-28-12-4-5-13-28/h2-3,6-10,15,17,21H,4-5,11-14,16H2,1H3,(H,26,29). The fourth-order valence-electron chi connectivity index (χ4n) is 4.40. The van der Waals surface area contributed by atoms with Gasteiger partial charge in [-0.25, -0.2) is 0 Å². The van der Waals surface area contributed by atoms with Crippen LogP contribution in [0.4, 0.5) is 0 Å². The van der Waals surface area contributed by atoms with Crippen molar-refractivity contribution in [3.8, 4) is 0 Å². The van der Waals surface area contributed by atoms with Gasteiger partial charge in [0.2, 0.25) is 5.91 Å². The van der Waals surface area contributed by atoms with E-state index in [1.807, 2.05) is 24.3 Å². The van der Waals surface area contributed by atoms with Gasteiger partial charge in [0.05, 0.1) is 0 Å². The summed E-state index contributed by atoms with van der Waals surface area (Å²) in [5.74, 6) is 0.0497. The molecule has 0 aliphatic carbocycles. The highest BCUT2D eigenvalue weighted by Crippen LogP contribution is 2.35. The van der Waals surface area contributed by atoms with Crippen molar-refractivity contribution in [3.63, 3.8) is 0 Å². The molecule has 1 fully saturated rings. The zero-order valence-corrected chi connectivity index (χ0v) is 17.7. The molecule has 1 aliphatic heterocycles. The van der Waals surface area contributed by atoms with Crippen LogP contribution in [0.5, 0.6) is 0 Å². The van der Waals surface area contributed by atoms with Gasteiger partial charge in [-0.05, 0) is 55.3 Å². The van der Waals surface area contributed by atoms with Crippen molar-refractivity contribution in [2.24, 2.45) is 7.05 Å². The lowest BCUT2D eigenvalue weighted by atomic mass is 9.88. The van der Waals surface area contributed by atoms with Crippen molar-refractivity contribution in [3.05, 3.63) is 70.9 Å². The molecule has 1 aromatic heterocycles. The number of hydrogen-bond donors (Lipinski definition) is 1. The Morgan fingerprint density at radius 3 is 2.72 bits per heavy atom. The minimum Gasteiger partial charge on any atom is -0.355 e. The average Bonchev–Trinajstić information content (AvgIpc) is 3.35. The Balaban J connectivity index is 1.56. The van der Waals surface area contributed by atoms with Crippen LogP contribution in [-0.2, 0) is 11.8 Å². The molecule has 152 valence electrons. The zero-order chi connectivity index (χ0) is 20.2. The highest BCUT2D eigenvalue weighted by atomic mass is 35.5. The Bertz CT molecular complexity index is 991. The molecule has 1 saturated heterocycles. The predicted octanol–water partition coefficient (Wildman–Crippen LogP) is 4.57. The summed E-state index contributed by atoms with van der Waals surface area (Å²) in [7, 11) is 2.05. The number of carbonyl (C=O) groups is 1. The summed E-state index contributed by atoms with van der Waals surface area (Å²) in [4.78, 5) is 15.2. The minimum atomic E-state index is -0.0356. The normalized spacial score (nSPS) is 15.7. The quantitative estimate of drug-likeness (QED) is 0.620. The molecule has 1 unspecified atom stereocenters. The molecule has 1 aliphatic rings. The molecule has 1 amide bonds. The second kappa shape index (κ2) is 9.02. The Labute approximate surface area is 177 Å². The molecule has 29 heavy (non-hydrogen) atoms. The van der Waals surface area contributed by atoms with Gasteiger partial charge in [0, 0.05) is 54.6 Å². The van der Waals surface area contributed by atoms with Gasteiger partial charge in [0.25, 0.3) is 0 Å². The lowest BCUT2D eigenvalue weighted by Crippen LogP contribution is -2.34. The van der Waals surface area contributed by atoms with Crippen LogP contribution in [0, 0.1) is 0 Å². The van der Waals surface area contributed by atoms with Crippen LogP contribution in [0.2, 0.25) is 5.02 Å². The number of fused-ring (bicyclic) bond motifs is 1. The number of aromatic nitrogens is 1. The first kappa shape index (κ1) is 20.0. The first-order chi connectivity index (χ1) is 14.1. The lowest BCUT2D eigenvalue weighted by molar-refractivity contribution is -0.121. The summed E-state index contributed by atoms with van der Waals surface area (Å²) in [5, 5.41) is 5.01. The van der Waals surface area contributed by atoms with Gasteiger partial charge in [-0.15, -0.1) is 0 Å². The number of benzene rings is 2. The summed E-state index contributed by atoms with van der Waals surface area (Å²) >= 11 is 6.28. The highest BCUT2D eigenvalue weighted by molar-refractivity contribution is 6.30. The molecule has 0 saturated carbocycles. The third kappa shape index (κ3) is 4.65. The number of carbonyl (C=O) groups excluding carboxylic acids is 1. The molecule has 1 atom stereocenters. The molecule has 0 bridgehead atoms. The summed E-state index contributed by atoms with van der Waals surface area (Å²) in [5.41, 5.74) is 3.41. The second-order valence-electron chi connectivity index (χ2n) is 7.92. The molecule has 2 aromatic carbocycles. The number of aryl methyl sites for hydroxylation is 1. The number of rotatable bonds is 7. The Kier molecular flexibility index (Phi) is 6.22. The fourth-order valence-corrected chi connectivity index (χ4v) is 4.60. The van der Waals surface area contributed by atoms with Crippen LogP contribution < -0.4 is 5.32 Å². The fraction of sp³-hybridized carbons (Fsp3) is 0.375. The van der Waals surface area contributed by atoms with Gasteiger partial charge in [0.15, 0.2) is 0 Å². The zero-order valence-electron chi connectivity index (χ0n) is 16.9. The monoisotopic (exact) mass is 409 g/mol. The molecule has 0 spiro atoms. The van der Waals surface area contributed by atoms with E-state index in [4.69, 9.17) is 11.6 Å². The summed E-state index contributed by atoms with van der Waals surface area (Å²) < 4.78 is 2.13. The van der Waals surface area contributed by atoms with E-state index in [1.165, 1.54) is 29.3 Å². The first-order valence-corrected chi connectivity index (χ1v) is 10.8. The van der Waals surface area contributed by atoms with Crippen LogP contribution >= 0.6 is 11.6 Å². The Morgan fingerprint density at radius 2 is 1.93 bits per heavy atom. The number of amides is 1. The molecule has 4 rings (SSSR count). The van der Waals surface area contributed by atoms with Crippen LogP contribution in [-0.4, -0.2) is 41.6 Å². The third-order valence-electron chi connectivity index (χ3n) is 5.89. The van der Waals surface area contributed by atoms with E-state index in [0.29, 0.717) is 18.0 Å². The number of para-hydroxylation sites is 1. The Hall–Kier alpha value is -2.30. The van der Waals surface area contributed by atoms with E-state index in [0.717, 1.165) is 25.2 Å². The van der Waals surface area contributed by atoms with Gasteiger partial charge in [-0.1, -0.05) is 41.9 Å². The van der Waals surface area contributed by atoms with Crippen LogP contribution in [0.25, 0.3) is 10.9 Å².